The number of halogens is 3. The highest BCUT2D eigenvalue weighted by atomic mass is 35.5. The molecule has 14 heteroatoms. The van der Waals surface area contributed by atoms with E-state index in [-0.39, 0.29) is 34.7 Å². The molecule has 0 unspecified atom stereocenters. The number of hydrogen-bond donors (Lipinski definition) is 4. The lowest BCUT2D eigenvalue weighted by molar-refractivity contribution is -0.120. The van der Waals surface area contributed by atoms with E-state index in [1.807, 2.05) is 18.2 Å². The molecule has 0 aliphatic carbocycles. The molecule has 2 saturated heterocycles. The highest BCUT2D eigenvalue weighted by Gasteiger charge is 2.24. The Kier molecular flexibility index (Phi) is 11.6. The van der Waals surface area contributed by atoms with Gasteiger partial charge in [-0.05, 0) is 31.0 Å². The first-order valence-electron chi connectivity index (χ1n) is 16.7. The molecule has 268 valence electrons. The van der Waals surface area contributed by atoms with E-state index in [0.29, 0.717) is 84.4 Å². The van der Waals surface area contributed by atoms with E-state index in [1.54, 1.807) is 42.5 Å². The molecule has 51 heavy (non-hydrogen) atoms. The fourth-order valence-corrected chi connectivity index (χ4v) is 6.71. The Bertz CT molecular complexity index is 1900. The van der Waals surface area contributed by atoms with Crippen molar-refractivity contribution in [1.82, 2.24) is 31.2 Å². The number of para-hydroxylation sites is 1. The van der Waals surface area contributed by atoms with Gasteiger partial charge in [0.25, 0.3) is 0 Å². The van der Waals surface area contributed by atoms with E-state index in [2.05, 4.69) is 26.3 Å². The second-order valence-corrected chi connectivity index (χ2v) is 12.7. The van der Waals surface area contributed by atoms with Crippen molar-refractivity contribution in [3.05, 3.63) is 76.8 Å². The molecule has 2 aromatic carbocycles. The molecule has 2 aliphatic rings. The van der Waals surface area contributed by atoms with Crippen molar-refractivity contribution in [2.75, 3.05) is 27.3 Å². The van der Waals surface area contributed by atoms with Crippen LogP contribution in [0.1, 0.15) is 36.8 Å². The first-order chi connectivity index (χ1) is 24.7. The number of aromatic nitrogens is 2. The van der Waals surface area contributed by atoms with Crippen LogP contribution in [0.4, 0.5) is 8.78 Å². The van der Waals surface area contributed by atoms with Crippen LogP contribution in [-0.4, -0.2) is 67.8 Å². The average Bonchev–Trinajstić information content (AvgIpc) is 3.75. The minimum atomic E-state index is -3.12. The van der Waals surface area contributed by atoms with Gasteiger partial charge in [0.2, 0.25) is 23.6 Å². The van der Waals surface area contributed by atoms with Gasteiger partial charge >= 0.3 is 6.61 Å². The second kappa shape index (κ2) is 16.4. The maximum Gasteiger partial charge on any atom is 0.387 e. The van der Waals surface area contributed by atoms with Crippen LogP contribution >= 0.6 is 11.6 Å². The monoisotopic (exact) mass is 720 g/mol. The molecule has 2 fully saturated rings. The summed E-state index contributed by atoms with van der Waals surface area (Å²) < 4.78 is 44.3. The summed E-state index contributed by atoms with van der Waals surface area (Å²) in [5.74, 6) is 0.755. The molecule has 6 rings (SSSR count). The number of hydrogen-bond acceptors (Lipinski definition) is 9. The van der Waals surface area contributed by atoms with Gasteiger partial charge in [-0.15, -0.1) is 0 Å². The SMILES string of the molecule is COc1nc(-c2cccc(-c3cccc(-c4ccc(CNC[C@@H]5CCC(=O)N5)c(OC)n4)c3OC(F)F)c2Cl)ccc1CNC[C@@H]1CCC(=O)N1. The predicted molar refractivity (Wildman–Crippen MR) is 189 cm³/mol. The van der Waals surface area contributed by atoms with Crippen LogP contribution in [-0.2, 0) is 22.7 Å². The van der Waals surface area contributed by atoms with Crippen molar-refractivity contribution < 1.29 is 32.6 Å². The Hall–Kier alpha value is -4.85. The lowest BCUT2D eigenvalue weighted by Gasteiger charge is -2.18. The van der Waals surface area contributed by atoms with Crippen molar-refractivity contribution in [3.63, 3.8) is 0 Å². The number of ether oxygens (including phenoxy) is 3. The van der Waals surface area contributed by atoms with Gasteiger partial charge in [-0.25, -0.2) is 9.97 Å². The van der Waals surface area contributed by atoms with Crippen LogP contribution in [0, 0.1) is 0 Å². The van der Waals surface area contributed by atoms with Gasteiger partial charge < -0.3 is 35.5 Å². The van der Waals surface area contributed by atoms with Crippen LogP contribution in [0.25, 0.3) is 33.6 Å². The number of methoxy groups -OCH3 is 2. The fraction of sp³-hybridized carbons (Fsp3) is 0.351. The summed E-state index contributed by atoms with van der Waals surface area (Å²) in [6.07, 6.45) is 2.62. The zero-order valence-electron chi connectivity index (χ0n) is 28.2. The Balaban J connectivity index is 1.26. The molecule has 2 aliphatic heterocycles. The minimum absolute atomic E-state index is 0.0473. The fourth-order valence-electron chi connectivity index (χ4n) is 6.39. The summed E-state index contributed by atoms with van der Waals surface area (Å²) in [5, 5.41) is 12.8. The van der Waals surface area contributed by atoms with Gasteiger partial charge in [-0.2, -0.15) is 8.78 Å². The molecule has 4 heterocycles. The van der Waals surface area contributed by atoms with Gasteiger partial charge in [0, 0.05) is 84.5 Å². The molecule has 2 atom stereocenters. The molecular formula is C37H39ClF2N6O5. The third-order valence-electron chi connectivity index (χ3n) is 8.91. The highest BCUT2D eigenvalue weighted by molar-refractivity contribution is 6.36. The highest BCUT2D eigenvalue weighted by Crippen LogP contribution is 2.44. The molecule has 0 bridgehead atoms. The van der Waals surface area contributed by atoms with Crippen molar-refractivity contribution in [1.29, 1.82) is 0 Å². The van der Waals surface area contributed by atoms with Gasteiger partial charge in [0.1, 0.15) is 5.75 Å². The molecule has 2 aromatic heterocycles. The molecular weight excluding hydrogens is 682 g/mol. The Labute approximate surface area is 299 Å². The zero-order chi connectivity index (χ0) is 35.9. The standard InChI is InChI=1S/C37H39ClF2N6O5/c1-49-35-21(17-41-19-23-11-15-31(47)43-23)9-13-29(45-35)27-7-3-5-25(33(27)38)26-6-4-8-28(34(26)51-37(39)40)30-14-10-22(36(46-30)50-2)18-42-20-24-12-16-32(48)44-24/h3-10,13-14,23-24,37,41-42H,11-12,15-20H2,1-2H3,(H,43,47)(H,44,48)/t23-,24-/m0/s1. The van der Waals surface area contributed by atoms with Gasteiger partial charge in [-0.1, -0.05) is 54.1 Å². The number of alkyl halides is 2. The Morgan fingerprint density at radius 3 is 1.73 bits per heavy atom. The molecule has 4 N–H and O–H groups in total. The van der Waals surface area contributed by atoms with Gasteiger partial charge in [0.15, 0.2) is 0 Å². The van der Waals surface area contributed by atoms with Crippen molar-refractivity contribution in [2.24, 2.45) is 0 Å². The lowest BCUT2D eigenvalue weighted by atomic mass is 9.96. The lowest BCUT2D eigenvalue weighted by Crippen LogP contribution is -2.35. The smallest absolute Gasteiger partial charge is 0.387 e. The Morgan fingerprint density at radius 1 is 0.745 bits per heavy atom. The summed E-state index contributed by atoms with van der Waals surface area (Å²) in [5.41, 5.74) is 4.20. The molecule has 2 amide bonds. The van der Waals surface area contributed by atoms with E-state index in [1.165, 1.54) is 14.2 Å². The number of benzene rings is 2. The van der Waals surface area contributed by atoms with Gasteiger partial charge in [0.05, 0.1) is 30.6 Å². The third-order valence-corrected chi connectivity index (χ3v) is 9.32. The normalized spacial score (nSPS) is 17.1. The van der Waals surface area contributed by atoms with Crippen LogP contribution < -0.4 is 35.5 Å². The maximum atomic E-state index is 14.0. The average molecular weight is 721 g/mol. The zero-order valence-corrected chi connectivity index (χ0v) is 29.0. The van der Waals surface area contributed by atoms with E-state index < -0.39 is 6.61 Å². The summed E-state index contributed by atoms with van der Waals surface area (Å²) >= 11 is 7.02. The van der Waals surface area contributed by atoms with E-state index in [0.717, 1.165) is 24.0 Å². The number of rotatable bonds is 15. The molecule has 0 spiro atoms. The van der Waals surface area contributed by atoms with Crippen LogP contribution in [0.15, 0.2) is 60.7 Å². The van der Waals surface area contributed by atoms with E-state index in [4.69, 9.17) is 30.8 Å². The summed E-state index contributed by atoms with van der Waals surface area (Å²) in [6, 6.07) is 17.8. The quantitative estimate of drug-likeness (QED) is 0.126. The largest absolute Gasteiger partial charge is 0.481 e. The van der Waals surface area contributed by atoms with Crippen LogP contribution in [0.2, 0.25) is 5.02 Å². The summed E-state index contributed by atoms with van der Waals surface area (Å²) in [4.78, 5) is 32.4. The van der Waals surface area contributed by atoms with Crippen molar-refractivity contribution in [3.8, 4) is 51.2 Å². The number of carbonyl (C=O) groups excluding carboxylic acids is 2. The van der Waals surface area contributed by atoms with E-state index in [9.17, 15) is 18.4 Å². The topological polar surface area (TPSA) is 136 Å². The first kappa shape index (κ1) is 36.0. The van der Waals surface area contributed by atoms with E-state index >= 15 is 0 Å². The number of nitrogens with one attached hydrogen (secondary N) is 4. The van der Waals surface area contributed by atoms with Crippen LogP contribution in [0.5, 0.6) is 17.5 Å². The Morgan fingerprint density at radius 2 is 1.24 bits per heavy atom. The molecule has 0 radical (unpaired) electrons. The molecule has 4 aromatic rings. The number of carbonyl (C=O) groups is 2. The molecule has 0 saturated carbocycles. The van der Waals surface area contributed by atoms with Crippen molar-refractivity contribution >= 4 is 23.4 Å². The first-order valence-corrected chi connectivity index (χ1v) is 17.1. The van der Waals surface area contributed by atoms with Gasteiger partial charge in [-0.3, -0.25) is 9.59 Å². The third kappa shape index (κ3) is 8.55. The number of nitrogens with zero attached hydrogens (tertiary/aromatic N) is 2. The number of amides is 2. The second-order valence-electron chi connectivity index (χ2n) is 12.3. The minimum Gasteiger partial charge on any atom is -0.481 e. The maximum absolute atomic E-state index is 14.0. The van der Waals surface area contributed by atoms with Crippen molar-refractivity contribution in [2.45, 2.75) is 57.5 Å². The van der Waals surface area contributed by atoms with Crippen LogP contribution in [0.3, 0.4) is 0 Å². The predicted octanol–water partition coefficient (Wildman–Crippen LogP) is 5.49. The molecule has 11 nitrogen and oxygen atoms in total. The number of pyridine rings is 2. The summed E-state index contributed by atoms with van der Waals surface area (Å²) in [7, 11) is 3.03. The summed E-state index contributed by atoms with van der Waals surface area (Å²) in [6.45, 7) is -0.989.